The molecule has 2 aliphatic heterocycles. The monoisotopic (exact) mass is 424 g/mol. The number of rotatable bonds is 5. The predicted molar refractivity (Wildman–Crippen MR) is 101 cm³/mol. The van der Waals surface area contributed by atoms with E-state index in [0.29, 0.717) is 5.75 Å². The van der Waals surface area contributed by atoms with Gasteiger partial charge in [-0.25, -0.2) is 9.59 Å². The van der Waals surface area contributed by atoms with Gasteiger partial charge in [0.1, 0.15) is 5.37 Å². The molecule has 10 nitrogen and oxygen atoms in total. The largest absolute Gasteiger partial charge is 0.466 e. The van der Waals surface area contributed by atoms with Crippen LogP contribution in [0.4, 0.5) is 10.5 Å². The zero-order chi connectivity index (χ0) is 20.1. The number of amides is 3. The topological polar surface area (TPSA) is 136 Å². The van der Waals surface area contributed by atoms with Crippen LogP contribution in [0, 0.1) is 0 Å². The van der Waals surface area contributed by atoms with E-state index >= 15 is 0 Å². The summed E-state index contributed by atoms with van der Waals surface area (Å²) in [7, 11) is 1.15. The number of thioether (sulfide) groups is 2. The van der Waals surface area contributed by atoms with Gasteiger partial charge in [-0.15, -0.1) is 11.8 Å². The number of ether oxygens (including phenoxy) is 2. The summed E-state index contributed by atoms with van der Waals surface area (Å²) in [5, 5.41) is 6.71. The fourth-order valence-electron chi connectivity index (χ4n) is 2.36. The summed E-state index contributed by atoms with van der Waals surface area (Å²) >= 11 is 2.69. The second-order valence-corrected chi connectivity index (χ2v) is 7.79. The number of pyridine rings is 1. The van der Waals surface area contributed by atoms with Crippen molar-refractivity contribution in [1.29, 1.82) is 0 Å². The number of methoxy groups -OCH3 is 1. The Kier molecular flexibility index (Phi) is 6.41. The maximum atomic E-state index is 12.5. The molecule has 2 aliphatic rings. The number of alkyl carbamates (subject to hydrolysis) is 1. The number of nitrogens with zero attached hydrogens (tertiary/aromatic N) is 1. The molecule has 0 saturated carbocycles. The molecule has 2 unspecified atom stereocenters. The highest BCUT2D eigenvalue weighted by atomic mass is 32.2. The first-order valence-corrected chi connectivity index (χ1v) is 9.95. The summed E-state index contributed by atoms with van der Waals surface area (Å²) in [5.74, 6) is -1.25. The average molecular weight is 424 g/mol. The Hall–Kier alpha value is -2.73. The number of esters is 1. The SMILES string of the molecule is COC(=O)COC(=O)NC(=O)C1=CCSC1NC(=O)C1Nc2cnccc2S1. The molecule has 0 spiro atoms. The Balaban J connectivity index is 1.52. The van der Waals surface area contributed by atoms with Gasteiger partial charge < -0.3 is 20.1 Å². The number of carbonyl (C=O) groups is 4. The first kappa shape index (κ1) is 20.0. The third-order valence-corrected chi connectivity index (χ3v) is 5.94. The number of hydrogen-bond acceptors (Lipinski definition) is 10. The van der Waals surface area contributed by atoms with Crippen LogP contribution in [0.3, 0.4) is 0 Å². The van der Waals surface area contributed by atoms with Crippen LogP contribution in [0.25, 0.3) is 0 Å². The number of imide groups is 1. The zero-order valence-electron chi connectivity index (χ0n) is 14.6. The Labute approximate surface area is 168 Å². The van der Waals surface area contributed by atoms with E-state index in [2.05, 4.69) is 25.1 Å². The molecule has 1 aromatic rings. The molecule has 12 heteroatoms. The van der Waals surface area contributed by atoms with Gasteiger partial charge in [0.05, 0.1) is 19.0 Å². The molecule has 3 rings (SSSR count). The van der Waals surface area contributed by atoms with Crippen molar-refractivity contribution in [1.82, 2.24) is 15.6 Å². The van der Waals surface area contributed by atoms with E-state index in [1.165, 1.54) is 23.5 Å². The van der Waals surface area contributed by atoms with Crippen molar-refractivity contribution in [3.05, 3.63) is 30.1 Å². The van der Waals surface area contributed by atoms with Gasteiger partial charge in [-0.3, -0.25) is 19.9 Å². The van der Waals surface area contributed by atoms with Crippen molar-refractivity contribution >= 4 is 53.1 Å². The molecular formula is C16H16N4O6S2. The molecule has 0 saturated heterocycles. The van der Waals surface area contributed by atoms with Crippen LogP contribution < -0.4 is 16.0 Å². The van der Waals surface area contributed by atoms with Gasteiger partial charge in [0.15, 0.2) is 12.0 Å². The van der Waals surface area contributed by atoms with E-state index in [1.807, 2.05) is 11.4 Å². The molecule has 1 aromatic heterocycles. The number of fused-ring (bicyclic) bond motifs is 1. The molecule has 3 heterocycles. The lowest BCUT2D eigenvalue weighted by Gasteiger charge is -2.18. The van der Waals surface area contributed by atoms with E-state index in [0.717, 1.165) is 17.7 Å². The molecule has 3 N–H and O–H groups in total. The summed E-state index contributed by atoms with van der Waals surface area (Å²) in [5.41, 5.74) is 1.00. The van der Waals surface area contributed by atoms with Gasteiger partial charge in [-0.1, -0.05) is 17.8 Å². The second kappa shape index (κ2) is 8.97. The maximum absolute atomic E-state index is 12.5. The maximum Gasteiger partial charge on any atom is 0.414 e. The van der Waals surface area contributed by atoms with Crippen molar-refractivity contribution in [3.8, 4) is 0 Å². The molecule has 0 aromatic carbocycles. The zero-order valence-corrected chi connectivity index (χ0v) is 16.2. The summed E-state index contributed by atoms with van der Waals surface area (Å²) in [4.78, 5) is 52.3. The van der Waals surface area contributed by atoms with Gasteiger partial charge in [0, 0.05) is 22.4 Å². The lowest BCUT2D eigenvalue weighted by molar-refractivity contribution is -0.144. The van der Waals surface area contributed by atoms with Gasteiger partial charge in [0.2, 0.25) is 0 Å². The first-order chi connectivity index (χ1) is 13.5. The fraction of sp³-hybridized carbons (Fsp3) is 0.312. The van der Waals surface area contributed by atoms with Crippen LogP contribution in [0.1, 0.15) is 0 Å². The number of carbonyl (C=O) groups excluding carboxylic acids is 4. The summed E-state index contributed by atoms with van der Waals surface area (Å²) < 4.78 is 8.91. The molecule has 0 fully saturated rings. The van der Waals surface area contributed by atoms with E-state index in [-0.39, 0.29) is 11.5 Å². The molecule has 0 bridgehead atoms. The molecule has 3 amide bonds. The minimum Gasteiger partial charge on any atom is -0.466 e. The van der Waals surface area contributed by atoms with Crippen LogP contribution in [0.2, 0.25) is 0 Å². The quantitative estimate of drug-likeness (QED) is 0.572. The van der Waals surface area contributed by atoms with Crippen molar-refractivity contribution in [3.63, 3.8) is 0 Å². The third-order valence-electron chi connectivity index (χ3n) is 3.70. The normalized spacial score (nSPS) is 19.7. The van der Waals surface area contributed by atoms with E-state index in [4.69, 9.17) is 0 Å². The van der Waals surface area contributed by atoms with Gasteiger partial charge >= 0.3 is 12.1 Å². The third kappa shape index (κ3) is 4.75. The Morgan fingerprint density at radius 1 is 1.36 bits per heavy atom. The number of nitrogens with one attached hydrogen (secondary N) is 3. The molecule has 2 atom stereocenters. The highest BCUT2D eigenvalue weighted by Gasteiger charge is 2.33. The molecule has 28 heavy (non-hydrogen) atoms. The molecule has 0 aliphatic carbocycles. The molecule has 148 valence electrons. The van der Waals surface area contributed by atoms with Gasteiger partial charge in [-0.05, 0) is 6.07 Å². The fourth-order valence-corrected chi connectivity index (χ4v) is 4.40. The number of hydrogen-bond donors (Lipinski definition) is 3. The molecular weight excluding hydrogens is 408 g/mol. The minimum atomic E-state index is -1.07. The van der Waals surface area contributed by atoms with E-state index in [9.17, 15) is 19.2 Å². The Morgan fingerprint density at radius 2 is 2.18 bits per heavy atom. The highest BCUT2D eigenvalue weighted by Crippen LogP contribution is 2.37. The molecule has 0 radical (unpaired) electrons. The highest BCUT2D eigenvalue weighted by molar-refractivity contribution is 8.01. The van der Waals surface area contributed by atoms with Gasteiger partial charge in [-0.2, -0.15) is 0 Å². The van der Waals surface area contributed by atoms with Crippen molar-refractivity contribution in [2.75, 3.05) is 24.8 Å². The van der Waals surface area contributed by atoms with Crippen molar-refractivity contribution in [2.24, 2.45) is 0 Å². The van der Waals surface area contributed by atoms with Crippen LogP contribution in [0.15, 0.2) is 35.0 Å². The van der Waals surface area contributed by atoms with E-state index < -0.39 is 35.3 Å². The lowest BCUT2D eigenvalue weighted by atomic mass is 10.2. The van der Waals surface area contributed by atoms with Gasteiger partial charge in [0.25, 0.3) is 11.8 Å². The number of anilines is 1. The van der Waals surface area contributed by atoms with Crippen LogP contribution >= 0.6 is 23.5 Å². The van der Waals surface area contributed by atoms with Crippen LogP contribution in [-0.2, 0) is 23.9 Å². The van der Waals surface area contributed by atoms with Crippen molar-refractivity contribution < 1.29 is 28.7 Å². The summed E-state index contributed by atoms with van der Waals surface area (Å²) in [6.07, 6.45) is 3.82. The second-order valence-electron chi connectivity index (χ2n) is 5.50. The summed E-state index contributed by atoms with van der Waals surface area (Å²) in [6.45, 7) is -0.608. The lowest BCUT2D eigenvalue weighted by Crippen LogP contribution is -2.44. The van der Waals surface area contributed by atoms with Crippen LogP contribution in [0.5, 0.6) is 0 Å². The number of aromatic nitrogens is 1. The average Bonchev–Trinajstić information content (AvgIpc) is 3.32. The van der Waals surface area contributed by atoms with Crippen LogP contribution in [-0.4, -0.2) is 59.1 Å². The Morgan fingerprint density at radius 3 is 2.93 bits per heavy atom. The Bertz CT molecular complexity index is 821. The standard InChI is InChI=1S/C16H16N4O6S2/c1-25-11(21)7-26-16(24)20-12(22)8-3-5-27-14(8)19-13(23)15-18-9-6-17-4-2-10(9)28-15/h2-4,6,14-15,18H,5,7H2,1H3,(H,19,23)(H,20,22,24). The minimum absolute atomic E-state index is 0.232. The first-order valence-electron chi connectivity index (χ1n) is 8.02. The smallest absolute Gasteiger partial charge is 0.414 e. The van der Waals surface area contributed by atoms with Crippen molar-refractivity contribution in [2.45, 2.75) is 15.6 Å². The van der Waals surface area contributed by atoms with E-state index in [1.54, 1.807) is 18.5 Å². The predicted octanol–water partition coefficient (Wildman–Crippen LogP) is 0.467. The summed E-state index contributed by atoms with van der Waals surface area (Å²) in [6, 6.07) is 1.81.